The number of halogens is 1. The van der Waals surface area contributed by atoms with Gasteiger partial charge in [-0.05, 0) is 24.1 Å². The Morgan fingerprint density at radius 3 is 2.67 bits per heavy atom. The highest BCUT2D eigenvalue weighted by atomic mass is 35.5. The molecule has 2 rings (SSSR count). The van der Waals surface area contributed by atoms with Crippen LogP contribution < -0.4 is 10.5 Å². The van der Waals surface area contributed by atoms with Crippen molar-refractivity contribution < 1.29 is 4.74 Å². The Labute approximate surface area is 112 Å². The second kappa shape index (κ2) is 5.85. The molecule has 0 amide bonds. The van der Waals surface area contributed by atoms with Gasteiger partial charge in [-0.1, -0.05) is 41.9 Å². The zero-order valence-corrected chi connectivity index (χ0v) is 10.9. The van der Waals surface area contributed by atoms with Crippen molar-refractivity contribution in [3.8, 4) is 5.88 Å². The Bertz CT molecular complexity index is 529. The predicted octanol–water partition coefficient (Wildman–Crippen LogP) is 3.08. The lowest BCUT2D eigenvalue weighted by Gasteiger charge is -2.10. The lowest BCUT2D eigenvalue weighted by atomic mass is 10.2. The molecule has 0 bridgehead atoms. The minimum absolute atomic E-state index is 0.428. The molecule has 0 atom stereocenters. The summed E-state index contributed by atoms with van der Waals surface area (Å²) in [4.78, 5) is 4.32. The zero-order chi connectivity index (χ0) is 13.0. The highest BCUT2D eigenvalue weighted by Gasteiger charge is 2.08. The fourth-order valence-electron chi connectivity index (χ4n) is 1.63. The first kappa shape index (κ1) is 12.9. The van der Waals surface area contributed by atoms with Gasteiger partial charge in [-0.3, -0.25) is 0 Å². The highest BCUT2D eigenvalue weighted by molar-refractivity contribution is 6.31. The van der Waals surface area contributed by atoms with E-state index in [4.69, 9.17) is 22.1 Å². The van der Waals surface area contributed by atoms with Gasteiger partial charge in [0.2, 0.25) is 5.88 Å². The van der Waals surface area contributed by atoms with Crippen LogP contribution in [0.2, 0.25) is 5.02 Å². The van der Waals surface area contributed by atoms with E-state index in [0.717, 1.165) is 16.8 Å². The Hall–Kier alpha value is -1.58. The summed E-state index contributed by atoms with van der Waals surface area (Å²) in [5.41, 5.74) is 8.46. The van der Waals surface area contributed by atoms with Crippen molar-refractivity contribution in [1.29, 1.82) is 0 Å². The van der Waals surface area contributed by atoms with Crippen LogP contribution >= 0.6 is 11.6 Å². The van der Waals surface area contributed by atoms with Gasteiger partial charge in [0.25, 0.3) is 0 Å². The lowest BCUT2D eigenvalue weighted by Crippen LogP contribution is -2.04. The molecule has 94 valence electrons. The monoisotopic (exact) mass is 262 g/mol. The van der Waals surface area contributed by atoms with E-state index in [2.05, 4.69) is 4.98 Å². The molecule has 3 nitrogen and oxygen atoms in total. The molecule has 2 aromatic rings. The van der Waals surface area contributed by atoms with Crippen molar-refractivity contribution in [2.45, 2.75) is 20.1 Å². The van der Waals surface area contributed by atoms with Crippen LogP contribution in [0.4, 0.5) is 0 Å². The summed E-state index contributed by atoms with van der Waals surface area (Å²) in [6, 6.07) is 11.7. The number of aromatic nitrogens is 1. The molecule has 1 aromatic heterocycles. The van der Waals surface area contributed by atoms with Gasteiger partial charge in [0, 0.05) is 12.2 Å². The van der Waals surface area contributed by atoms with E-state index in [9.17, 15) is 0 Å². The summed E-state index contributed by atoms with van der Waals surface area (Å²) < 4.78 is 5.62. The molecular weight excluding hydrogens is 248 g/mol. The number of ether oxygens (including phenoxy) is 1. The van der Waals surface area contributed by atoms with Gasteiger partial charge < -0.3 is 10.5 Å². The van der Waals surface area contributed by atoms with Crippen LogP contribution in [0.25, 0.3) is 0 Å². The van der Waals surface area contributed by atoms with Gasteiger partial charge in [0.1, 0.15) is 11.6 Å². The normalized spacial score (nSPS) is 10.4. The van der Waals surface area contributed by atoms with E-state index >= 15 is 0 Å². The number of aryl methyl sites for hydroxylation is 1. The average Bonchev–Trinajstić information content (AvgIpc) is 2.40. The van der Waals surface area contributed by atoms with Crippen molar-refractivity contribution in [2.75, 3.05) is 0 Å². The molecular formula is C14H15ClN2O. The Morgan fingerprint density at radius 2 is 2.00 bits per heavy atom. The van der Waals surface area contributed by atoms with Crippen molar-refractivity contribution in [2.24, 2.45) is 5.73 Å². The molecule has 0 saturated carbocycles. The van der Waals surface area contributed by atoms with Gasteiger partial charge in [-0.25, -0.2) is 4.98 Å². The maximum Gasteiger partial charge on any atom is 0.233 e. The molecule has 0 aliphatic rings. The van der Waals surface area contributed by atoms with Crippen molar-refractivity contribution in [1.82, 2.24) is 4.98 Å². The third kappa shape index (κ3) is 3.00. The average molecular weight is 263 g/mol. The Morgan fingerprint density at radius 1 is 1.28 bits per heavy atom. The SMILES string of the molecule is Cc1nc(OCc2ccccc2)c(Cl)cc1CN. The number of hydrogen-bond donors (Lipinski definition) is 1. The van der Waals surface area contributed by atoms with Crippen molar-refractivity contribution in [3.63, 3.8) is 0 Å². The second-order valence-corrected chi connectivity index (χ2v) is 4.41. The first-order valence-electron chi connectivity index (χ1n) is 5.73. The van der Waals surface area contributed by atoms with Crippen molar-refractivity contribution >= 4 is 11.6 Å². The van der Waals surface area contributed by atoms with Gasteiger partial charge in [-0.15, -0.1) is 0 Å². The van der Waals surface area contributed by atoms with E-state index in [1.165, 1.54) is 0 Å². The first-order chi connectivity index (χ1) is 8.70. The fourth-order valence-corrected chi connectivity index (χ4v) is 1.86. The summed E-state index contributed by atoms with van der Waals surface area (Å²) in [5, 5.41) is 0.497. The minimum atomic E-state index is 0.428. The standard InChI is InChI=1S/C14H15ClN2O/c1-10-12(8-16)7-13(15)14(17-10)18-9-11-5-3-2-4-6-11/h2-7H,8-9,16H2,1H3. The summed E-state index contributed by atoms with van der Waals surface area (Å²) >= 11 is 6.10. The summed E-state index contributed by atoms with van der Waals surface area (Å²) in [6.45, 7) is 2.78. The Balaban J connectivity index is 2.13. The quantitative estimate of drug-likeness (QED) is 0.921. The molecule has 4 heteroatoms. The topological polar surface area (TPSA) is 48.1 Å². The number of rotatable bonds is 4. The van der Waals surface area contributed by atoms with Crippen LogP contribution in [0.5, 0.6) is 5.88 Å². The van der Waals surface area contributed by atoms with Gasteiger partial charge in [0.05, 0.1) is 0 Å². The maximum absolute atomic E-state index is 6.10. The van der Waals surface area contributed by atoms with Crippen LogP contribution in [0.1, 0.15) is 16.8 Å². The highest BCUT2D eigenvalue weighted by Crippen LogP contribution is 2.25. The van der Waals surface area contributed by atoms with Gasteiger partial charge >= 0.3 is 0 Å². The molecule has 0 aliphatic carbocycles. The van der Waals surface area contributed by atoms with Gasteiger partial charge in [0.15, 0.2) is 0 Å². The number of nitrogens with two attached hydrogens (primary N) is 1. The zero-order valence-electron chi connectivity index (χ0n) is 10.2. The molecule has 0 fully saturated rings. The van der Waals surface area contributed by atoms with Crippen LogP contribution in [-0.2, 0) is 13.2 Å². The predicted molar refractivity (Wildman–Crippen MR) is 72.6 cm³/mol. The van der Waals surface area contributed by atoms with Crippen LogP contribution in [0.15, 0.2) is 36.4 Å². The summed E-state index contributed by atoms with van der Waals surface area (Å²) in [7, 11) is 0. The molecule has 1 heterocycles. The Kier molecular flexibility index (Phi) is 4.18. The van der Waals surface area contributed by atoms with Crippen LogP contribution in [0.3, 0.4) is 0 Å². The third-order valence-corrected chi connectivity index (χ3v) is 2.95. The molecule has 2 N–H and O–H groups in total. The summed E-state index contributed by atoms with van der Waals surface area (Å²) in [6.07, 6.45) is 0. The number of benzene rings is 1. The van der Waals surface area contributed by atoms with E-state index in [1.54, 1.807) is 0 Å². The molecule has 18 heavy (non-hydrogen) atoms. The smallest absolute Gasteiger partial charge is 0.233 e. The third-order valence-electron chi connectivity index (χ3n) is 2.68. The number of hydrogen-bond acceptors (Lipinski definition) is 3. The maximum atomic E-state index is 6.10. The largest absolute Gasteiger partial charge is 0.472 e. The first-order valence-corrected chi connectivity index (χ1v) is 6.11. The molecule has 0 spiro atoms. The number of pyridine rings is 1. The number of nitrogens with zero attached hydrogens (tertiary/aromatic N) is 1. The molecule has 0 aliphatic heterocycles. The van der Waals surface area contributed by atoms with E-state index in [1.807, 2.05) is 43.3 Å². The van der Waals surface area contributed by atoms with E-state index < -0.39 is 0 Å². The molecule has 1 aromatic carbocycles. The van der Waals surface area contributed by atoms with E-state index in [0.29, 0.717) is 24.1 Å². The fraction of sp³-hybridized carbons (Fsp3) is 0.214. The summed E-state index contributed by atoms with van der Waals surface area (Å²) in [5.74, 6) is 0.454. The van der Waals surface area contributed by atoms with Crippen molar-refractivity contribution in [3.05, 3.63) is 58.2 Å². The van der Waals surface area contributed by atoms with Crippen LogP contribution in [-0.4, -0.2) is 4.98 Å². The lowest BCUT2D eigenvalue weighted by molar-refractivity contribution is 0.293. The van der Waals surface area contributed by atoms with Crippen LogP contribution in [0, 0.1) is 6.92 Å². The minimum Gasteiger partial charge on any atom is -0.472 e. The molecule has 0 saturated heterocycles. The molecule has 0 unspecified atom stereocenters. The van der Waals surface area contributed by atoms with E-state index in [-0.39, 0.29) is 0 Å². The molecule has 0 radical (unpaired) electrons. The second-order valence-electron chi connectivity index (χ2n) is 4.00. The van der Waals surface area contributed by atoms with Gasteiger partial charge in [-0.2, -0.15) is 0 Å².